The molecule has 0 saturated carbocycles. The number of aromatic amines is 1. The van der Waals surface area contributed by atoms with Gasteiger partial charge in [-0.1, -0.05) is 13.8 Å². The molecular formula is C24H32N4O4. The molecule has 2 aromatic rings. The first-order chi connectivity index (χ1) is 15.5. The maximum absolute atomic E-state index is 12.6. The van der Waals surface area contributed by atoms with Crippen LogP contribution in [0.4, 0.5) is 5.69 Å². The number of nitrogens with one attached hydrogen (secondary N) is 3. The SMILES string of the molecule is CCN(CC)CCCNC(=O)COc1ccc(NC(=O)c2c[nH]c3c2C(=O)CCC3)cc1. The fraction of sp³-hybridized carbons (Fsp3) is 0.458. The van der Waals surface area contributed by atoms with Gasteiger partial charge in [-0.15, -0.1) is 0 Å². The summed E-state index contributed by atoms with van der Waals surface area (Å²) < 4.78 is 5.52. The third kappa shape index (κ3) is 6.20. The van der Waals surface area contributed by atoms with Crippen molar-refractivity contribution in [3.05, 3.63) is 47.3 Å². The second-order valence-corrected chi connectivity index (χ2v) is 7.83. The fourth-order valence-electron chi connectivity index (χ4n) is 3.81. The number of carbonyl (C=O) groups excluding carboxylic acids is 3. The average Bonchev–Trinajstić information content (AvgIpc) is 3.24. The second kappa shape index (κ2) is 11.5. The lowest BCUT2D eigenvalue weighted by atomic mass is 9.93. The van der Waals surface area contributed by atoms with Crippen LogP contribution in [0, 0.1) is 0 Å². The number of Topliss-reactive ketones (excluding diaryl/α,β-unsaturated/α-hetero) is 1. The van der Waals surface area contributed by atoms with Gasteiger partial charge in [-0.3, -0.25) is 14.4 Å². The fourth-order valence-corrected chi connectivity index (χ4v) is 3.81. The largest absolute Gasteiger partial charge is 0.484 e. The molecule has 0 bridgehead atoms. The number of aryl methyl sites for hydroxylation is 1. The number of hydrogen-bond donors (Lipinski definition) is 3. The second-order valence-electron chi connectivity index (χ2n) is 7.83. The monoisotopic (exact) mass is 440 g/mol. The van der Waals surface area contributed by atoms with Crippen LogP contribution in [0.3, 0.4) is 0 Å². The molecule has 8 nitrogen and oxygen atoms in total. The molecule has 0 fully saturated rings. The Hall–Kier alpha value is -3.13. The molecule has 0 aliphatic heterocycles. The quantitative estimate of drug-likeness (QED) is 0.466. The minimum atomic E-state index is -0.324. The molecule has 0 radical (unpaired) electrons. The summed E-state index contributed by atoms with van der Waals surface area (Å²) in [6, 6.07) is 6.80. The molecular weight excluding hydrogens is 408 g/mol. The number of ketones is 1. The molecule has 2 amide bonds. The van der Waals surface area contributed by atoms with Crippen molar-refractivity contribution < 1.29 is 19.1 Å². The maximum atomic E-state index is 12.6. The van der Waals surface area contributed by atoms with E-state index in [-0.39, 0.29) is 24.2 Å². The summed E-state index contributed by atoms with van der Waals surface area (Å²) in [5.41, 5.74) is 2.31. The molecule has 3 rings (SSSR count). The van der Waals surface area contributed by atoms with Crippen molar-refractivity contribution in [2.45, 2.75) is 39.5 Å². The van der Waals surface area contributed by atoms with Crippen molar-refractivity contribution in [3.8, 4) is 5.75 Å². The van der Waals surface area contributed by atoms with Crippen LogP contribution in [0.2, 0.25) is 0 Å². The lowest BCUT2D eigenvalue weighted by molar-refractivity contribution is -0.123. The summed E-state index contributed by atoms with van der Waals surface area (Å²) in [6.45, 7) is 7.79. The van der Waals surface area contributed by atoms with E-state index in [0.29, 0.717) is 35.5 Å². The number of rotatable bonds is 11. The highest BCUT2D eigenvalue weighted by Crippen LogP contribution is 2.25. The van der Waals surface area contributed by atoms with E-state index in [9.17, 15) is 14.4 Å². The zero-order valence-corrected chi connectivity index (χ0v) is 18.8. The third-order valence-corrected chi connectivity index (χ3v) is 5.67. The molecule has 0 spiro atoms. The Balaban J connectivity index is 1.43. The highest BCUT2D eigenvalue weighted by Gasteiger charge is 2.25. The molecule has 8 heteroatoms. The molecule has 0 atom stereocenters. The highest BCUT2D eigenvalue weighted by molar-refractivity contribution is 6.13. The smallest absolute Gasteiger partial charge is 0.257 e. The van der Waals surface area contributed by atoms with E-state index in [4.69, 9.17) is 4.74 Å². The Kier molecular flexibility index (Phi) is 8.44. The van der Waals surface area contributed by atoms with Crippen molar-refractivity contribution in [3.63, 3.8) is 0 Å². The van der Waals surface area contributed by atoms with E-state index in [1.165, 1.54) is 0 Å². The molecule has 0 saturated heterocycles. The van der Waals surface area contributed by atoms with Gasteiger partial charge in [-0.2, -0.15) is 0 Å². The molecule has 1 aromatic carbocycles. The van der Waals surface area contributed by atoms with Gasteiger partial charge in [0.1, 0.15) is 5.75 Å². The number of anilines is 1. The molecule has 32 heavy (non-hydrogen) atoms. The van der Waals surface area contributed by atoms with Crippen LogP contribution in [-0.4, -0.2) is 60.3 Å². The summed E-state index contributed by atoms with van der Waals surface area (Å²) in [6.07, 6.45) is 4.56. The van der Waals surface area contributed by atoms with Crippen molar-refractivity contribution >= 4 is 23.3 Å². The van der Waals surface area contributed by atoms with Crippen LogP contribution >= 0.6 is 0 Å². The average molecular weight is 441 g/mol. The van der Waals surface area contributed by atoms with Crippen LogP contribution in [0.25, 0.3) is 0 Å². The molecule has 1 aliphatic rings. The summed E-state index contributed by atoms with van der Waals surface area (Å²) in [7, 11) is 0. The number of benzene rings is 1. The van der Waals surface area contributed by atoms with Gasteiger partial charge in [0, 0.05) is 30.5 Å². The van der Waals surface area contributed by atoms with E-state index >= 15 is 0 Å². The first kappa shape index (κ1) is 23.5. The summed E-state index contributed by atoms with van der Waals surface area (Å²) in [5, 5.41) is 5.67. The minimum absolute atomic E-state index is 0.00716. The van der Waals surface area contributed by atoms with E-state index in [1.807, 2.05) is 0 Å². The summed E-state index contributed by atoms with van der Waals surface area (Å²) in [5.74, 6) is 0.0579. The van der Waals surface area contributed by atoms with Gasteiger partial charge in [0.15, 0.2) is 12.4 Å². The van der Waals surface area contributed by atoms with Crippen LogP contribution in [0.1, 0.15) is 59.5 Å². The first-order valence-electron chi connectivity index (χ1n) is 11.3. The van der Waals surface area contributed by atoms with Crippen molar-refractivity contribution in [2.24, 2.45) is 0 Å². The third-order valence-electron chi connectivity index (χ3n) is 5.67. The highest BCUT2D eigenvalue weighted by atomic mass is 16.5. The van der Waals surface area contributed by atoms with Crippen molar-refractivity contribution in [1.29, 1.82) is 0 Å². The van der Waals surface area contributed by atoms with Crippen LogP contribution in [0.5, 0.6) is 5.75 Å². The number of ether oxygens (including phenoxy) is 1. The Labute approximate surface area is 188 Å². The number of fused-ring (bicyclic) bond motifs is 1. The van der Waals surface area contributed by atoms with Gasteiger partial charge in [0.2, 0.25) is 0 Å². The normalized spacial score (nSPS) is 13.0. The molecule has 3 N–H and O–H groups in total. The van der Waals surface area contributed by atoms with Crippen LogP contribution in [-0.2, 0) is 11.2 Å². The van der Waals surface area contributed by atoms with Crippen LogP contribution < -0.4 is 15.4 Å². The predicted octanol–water partition coefficient (Wildman–Crippen LogP) is 3.01. The lowest BCUT2D eigenvalue weighted by Gasteiger charge is -2.17. The van der Waals surface area contributed by atoms with Crippen molar-refractivity contribution in [2.75, 3.05) is 38.1 Å². The lowest BCUT2D eigenvalue weighted by Crippen LogP contribution is -2.32. The number of hydrogen-bond acceptors (Lipinski definition) is 5. The van der Waals surface area contributed by atoms with E-state index in [0.717, 1.165) is 44.6 Å². The van der Waals surface area contributed by atoms with Gasteiger partial charge in [-0.25, -0.2) is 0 Å². The number of amides is 2. The molecule has 1 aromatic heterocycles. The van der Waals surface area contributed by atoms with Gasteiger partial charge < -0.3 is 25.3 Å². The number of nitrogens with zero attached hydrogens (tertiary/aromatic N) is 1. The van der Waals surface area contributed by atoms with E-state index in [1.54, 1.807) is 30.5 Å². The summed E-state index contributed by atoms with van der Waals surface area (Å²) in [4.78, 5) is 42.1. The van der Waals surface area contributed by atoms with Gasteiger partial charge >= 0.3 is 0 Å². The van der Waals surface area contributed by atoms with Gasteiger partial charge in [-0.05, 0) is 63.2 Å². The van der Waals surface area contributed by atoms with E-state index in [2.05, 4.69) is 34.4 Å². The Morgan fingerprint density at radius 3 is 2.59 bits per heavy atom. The topological polar surface area (TPSA) is 104 Å². The van der Waals surface area contributed by atoms with Crippen LogP contribution in [0.15, 0.2) is 30.5 Å². The maximum Gasteiger partial charge on any atom is 0.257 e. The molecule has 0 unspecified atom stereocenters. The summed E-state index contributed by atoms with van der Waals surface area (Å²) >= 11 is 0. The Morgan fingerprint density at radius 1 is 1.12 bits per heavy atom. The first-order valence-corrected chi connectivity index (χ1v) is 11.3. The Morgan fingerprint density at radius 2 is 1.88 bits per heavy atom. The standard InChI is InChI=1S/C24H32N4O4/c1-3-28(4-2)14-6-13-25-22(30)16-32-18-11-9-17(10-12-18)27-24(31)19-15-26-20-7-5-8-21(29)23(19)20/h9-12,15,26H,3-8,13-14,16H2,1-2H3,(H,25,30)(H,27,31). The minimum Gasteiger partial charge on any atom is -0.484 e. The number of aromatic nitrogens is 1. The number of H-pyrrole nitrogens is 1. The zero-order valence-electron chi connectivity index (χ0n) is 18.8. The zero-order chi connectivity index (χ0) is 22.9. The molecule has 172 valence electrons. The number of carbonyl (C=O) groups is 3. The van der Waals surface area contributed by atoms with Crippen molar-refractivity contribution in [1.82, 2.24) is 15.2 Å². The molecule has 1 heterocycles. The predicted molar refractivity (Wildman–Crippen MR) is 123 cm³/mol. The van der Waals surface area contributed by atoms with Gasteiger partial charge in [0.25, 0.3) is 11.8 Å². The van der Waals surface area contributed by atoms with E-state index < -0.39 is 0 Å². The molecule has 1 aliphatic carbocycles. The van der Waals surface area contributed by atoms with Gasteiger partial charge in [0.05, 0.1) is 11.1 Å². The Bertz CT molecular complexity index is 932.